The molecule has 3 heteroatoms. The van der Waals surface area contributed by atoms with Crippen LogP contribution in [-0.4, -0.2) is 30.6 Å². The lowest BCUT2D eigenvalue weighted by Crippen LogP contribution is -2.53. The maximum atomic E-state index is 3.67. The molecule has 19 heavy (non-hydrogen) atoms. The zero-order valence-corrected chi connectivity index (χ0v) is 13.8. The fraction of sp³-hybridized carbons (Fsp3) is 0.625. The van der Waals surface area contributed by atoms with E-state index in [1.807, 2.05) is 0 Å². The standard InChI is InChI=1S/C16H25BrN2/c1-4-12(2)16-11-19(9-8-18-16)13(3)14-6-5-7-15(17)10-14/h5-7,10,12-13,16,18H,4,8-9,11H2,1-3H3. The summed E-state index contributed by atoms with van der Waals surface area (Å²) in [6.07, 6.45) is 1.25. The molecule has 1 heterocycles. The molecule has 0 aliphatic carbocycles. The van der Waals surface area contributed by atoms with E-state index in [4.69, 9.17) is 0 Å². The van der Waals surface area contributed by atoms with E-state index < -0.39 is 0 Å². The van der Waals surface area contributed by atoms with Crippen molar-refractivity contribution < 1.29 is 0 Å². The summed E-state index contributed by atoms with van der Waals surface area (Å²) < 4.78 is 1.17. The predicted molar refractivity (Wildman–Crippen MR) is 85.4 cm³/mol. The zero-order valence-electron chi connectivity index (χ0n) is 12.2. The van der Waals surface area contributed by atoms with Crippen LogP contribution >= 0.6 is 15.9 Å². The van der Waals surface area contributed by atoms with Gasteiger partial charge in [-0.15, -0.1) is 0 Å². The third-order valence-corrected chi connectivity index (χ3v) is 4.94. The summed E-state index contributed by atoms with van der Waals surface area (Å²) in [4.78, 5) is 2.61. The monoisotopic (exact) mass is 324 g/mol. The van der Waals surface area contributed by atoms with Crippen LogP contribution in [0.2, 0.25) is 0 Å². The number of halogens is 1. The van der Waals surface area contributed by atoms with Crippen LogP contribution in [0, 0.1) is 5.92 Å². The van der Waals surface area contributed by atoms with Gasteiger partial charge in [-0.2, -0.15) is 0 Å². The highest BCUT2D eigenvalue weighted by Crippen LogP contribution is 2.25. The highest BCUT2D eigenvalue weighted by atomic mass is 79.9. The molecule has 0 radical (unpaired) electrons. The van der Waals surface area contributed by atoms with Gasteiger partial charge < -0.3 is 5.32 Å². The molecule has 0 amide bonds. The Balaban J connectivity index is 2.04. The van der Waals surface area contributed by atoms with Crippen molar-refractivity contribution in [2.75, 3.05) is 19.6 Å². The third kappa shape index (κ3) is 3.80. The first-order valence-corrected chi connectivity index (χ1v) is 8.14. The van der Waals surface area contributed by atoms with Gasteiger partial charge in [-0.1, -0.05) is 48.3 Å². The molecular weight excluding hydrogens is 300 g/mol. The van der Waals surface area contributed by atoms with Gasteiger partial charge in [0, 0.05) is 36.2 Å². The highest BCUT2D eigenvalue weighted by molar-refractivity contribution is 9.10. The average Bonchev–Trinajstić information content (AvgIpc) is 2.45. The number of nitrogens with zero attached hydrogens (tertiary/aromatic N) is 1. The van der Waals surface area contributed by atoms with E-state index >= 15 is 0 Å². The number of hydrogen-bond donors (Lipinski definition) is 1. The van der Waals surface area contributed by atoms with E-state index in [9.17, 15) is 0 Å². The van der Waals surface area contributed by atoms with Crippen LogP contribution in [0.3, 0.4) is 0 Å². The van der Waals surface area contributed by atoms with Gasteiger partial charge in [0.1, 0.15) is 0 Å². The maximum absolute atomic E-state index is 3.67. The summed E-state index contributed by atoms with van der Waals surface area (Å²) in [5, 5.41) is 3.67. The van der Waals surface area contributed by atoms with Crippen molar-refractivity contribution in [2.24, 2.45) is 5.92 Å². The molecular formula is C16H25BrN2. The minimum atomic E-state index is 0.492. The van der Waals surface area contributed by atoms with Gasteiger partial charge in [0.05, 0.1) is 0 Å². The number of hydrogen-bond acceptors (Lipinski definition) is 2. The fourth-order valence-corrected chi connectivity index (χ4v) is 3.21. The van der Waals surface area contributed by atoms with Crippen molar-refractivity contribution in [3.8, 4) is 0 Å². The molecule has 0 saturated carbocycles. The first-order chi connectivity index (χ1) is 9.11. The average molecular weight is 325 g/mol. The Hall–Kier alpha value is -0.380. The van der Waals surface area contributed by atoms with Gasteiger partial charge in [-0.3, -0.25) is 4.90 Å². The topological polar surface area (TPSA) is 15.3 Å². The molecule has 0 bridgehead atoms. The van der Waals surface area contributed by atoms with E-state index in [0.717, 1.165) is 25.6 Å². The van der Waals surface area contributed by atoms with Crippen molar-refractivity contribution in [3.63, 3.8) is 0 Å². The summed E-state index contributed by atoms with van der Waals surface area (Å²) in [6.45, 7) is 10.4. The van der Waals surface area contributed by atoms with Crippen LogP contribution in [0.4, 0.5) is 0 Å². The largest absolute Gasteiger partial charge is 0.311 e. The first kappa shape index (κ1) is 15.0. The SMILES string of the molecule is CCC(C)C1CN(C(C)c2cccc(Br)c2)CCN1. The number of piperazine rings is 1. The zero-order chi connectivity index (χ0) is 13.8. The van der Waals surface area contributed by atoms with Crippen LogP contribution in [0.25, 0.3) is 0 Å². The van der Waals surface area contributed by atoms with Gasteiger partial charge >= 0.3 is 0 Å². The van der Waals surface area contributed by atoms with Crippen LogP contribution in [0.15, 0.2) is 28.7 Å². The maximum Gasteiger partial charge on any atom is 0.0321 e. The molecule has 1 N–H and O–H groups in total. The van der Waals surface area contributed by atoms with Crippen molar-refractivity contribution in [1.82, 2.24) is 10.2 Å². The molecule has 0 spiro atoms. The van der Waals surface area contributed by atoms with Crippen LogP contribution in [0.1, 0.15) is 38.8 Å². The van der Waals surface area contributed by atoms with E-state index in [2.05, 4.69) is 71.2 Å². The quantitative estimate of drug-likeness (QED) is 0.905. The van der Waals surface area contributed by atoms with E-state index in [1.54, 1.807) is 0 Å². The molecule has 3 atom stereocenters. The number of rotatable bonds is 4. The van der Waals surface area contributed by atoms with Gasteiger partial charge in [-0.05, 0) is 30.5 Å². The second-order valence-electron chi connectivity index (χ2n) is 5.67. The Bertz CT molecular complexity index is 407. The van der Waals surface area contributed by atoms with Gasteiger partial charge in [-0.25, -0.2) is 0 Å². The molecule has 1 aromatic rings. The Labute approximate surface area is 125 Å². The van der Waals surface area contributed by atoms with Crippen LogP contribution < -0.4 is 5.32 Å². The van der Waals surface area contributed by atoms with E-state index in [0.29, 0.717) is 12.1 Å². The van der Waals surface area contributed by atoms with Crippen molar-refractivity contribution in [3.05, 3.63) is 34.3 Å². The first-order valence-electron chi connectivity index (χ1n) is 7.34. The smallest absolute Gasteiger partial charge is 0.0321 e. The number of benzene rings is 1. The highest BCUT2D eigenvalue weighted by Gasteiger charge is 2.26. The molecule has 2 rings (SSSR count). The summed E-state index contributed by atoms with van der Waals surface area (Å²) in [6, 6.07) is 9.82. The lowest BCUT2D eigenvalue weighted by Gasteiger charge is -2.40. The molecule has 2 nitrogen and oxygen atoms in total. The Morgan fingerprint density at radius 3 is 2.89 bits per heavy atom. The lowest BCUT2D eigenvalue weighted by molar-refractivity contribution is 0.130. The van der Waals surface area contributed by atoms with Gasteiger partial charge in [0.25, 0.3) is 0 Å². The normalized spacial score (nSPS) is 24.1. The van der Waals surface area contributed by atoms with Gasteiger partial charge in [0.15, 0.2) is 0 Å². The van der Waals surface area contributed by atoms with Crippen molar-refractivity contribution in [2.45, 2.75) is 39.3 Å². The molecule has 3 unspecified atom stereocenters. The summed E-state index contributed by atoms with van der Waals surface area (Å²) in [7, 11) is 0. The summed E-state index contributed by atoms with van der Waals surface area (Å²) in [5.74, 6) is 0.748. The minimum absolute atomic E-state index is 0.492. The predicted octanol–water partition coefficient (Wildman–Crippen LogP) is 3.83. The molecule has 1 aliphatic rings. The van der Waals surface area contributed by atoms with E-state index in [-0.39, 0.29) is 0 Å². The van der Waals surface area contributed by atoms with Crippen LogP contribution in [0.5, 0.6) is 0 Å². The minimum Gasteiger partial charge on any atom is -0.311 e. The number of nitrogens with one attached hydrogen (secondary N) is 1. The Morgan fingerprint density at radius 2 is 2.21 bits per heavy atom. The van der Waals surface area contributed by atoms with E-state index in [1.165, 1.54) is 16.5 Å². The second kappa shape index (κ2) is 6.87. The molecule has 1 aromatic carbocycles. The second-order valence-corrected chi connectivity index (χ2v) is 6.59. The molecule has 1 aliphatic heterocycles. The summed E-state index contributed by atoms with van der Waals surface area (Å²) >= 11 is 3.57. The van der Waals surface area contributed by atoms with Crippen molar-refractivity contribution >= 4 is 15.9 Å². The van der Waals surface area contributed by atoms with Crippen LogP contribution in [-0.2, 0) is 0 Å². The molecule has 106 valence electrons. The summed E-state index contributed by atoms with van der Waals surface area (Å²) in [5.41, 5.74) is 1.40. The third-order valence-electron chi connectivity index (χ3n) is 4.45. The Kier molecular flexibility index (Phi) is 5.43. The Morgan fingerprint density at radius 1 is 1.42 bits per heavy atom. The fourth-order valence-electron chi connectivity index (χ4n) is 2.80. The molecule has 0 aromatic heterocycles. The van der Waals surface area contributed by atoms with Gasteiger partial charge in [0.2, 0.25) is 0 Å². The lowest BCUT2D eigenvalue weighted by atomic mass is 9.95. The molecule has 1 fully saturated rings. The van der Waals surface area contributed by atoms with Crippen molar-refractivity contribution in [1.29, 1.82) is 0 Å². The molecule has 1 saturated heterocycles.